The van der Waals surface area contributed by atoms with Crippen LogP contribution in [0.25, 0.3) is 6.08 Å². The summed E-state index contributed by atoms with van der Waals surface area (Å²) < 4.78 is 0. The molecule has 0 spiro atoms. The SMILES string of the molecule is C\C=C/C=C\C=C(/C)N1CCN(Cc2ccc(/C=C/C(=O)NO)cc2)CC1. The van der Waals surface area contributed by atoms with E-state index < -0.39 is 5.91 Å². The lowest BCUT2D eigenvalue weighted by Gasteiger charge is -2.36. The number of carbonyl (C=O) groups is 1. The van der Waals surface area contributed by atoms with Crippen molar-refractivity contribution in [3.63, 3.8) is 0 Å². The maximum Gasteiger partial charge on any atom is 0.267 e. The molecule has 1 saturated heterocycles. The highest BCUT2D eigenvalue weighted by molar-refractivity contribution is 5.90. The molecule has 1 fully saturated rings. The van der Waals surface area contributed by atoms with E-state index in [1.807, 2.05) is 31.2 Å². The number of piperazine rings is 1. The van der Waals surface area contributed by atoms with Crippen molar-refractivity contribution in [1.29, 1.82) is 0 Å². The maximum atomic E-state index is 11.0. The highest BCUT2D eigenvalue weighted by Crippen LogP contribution is 2.13. The highest BCUT2D eigenvalue weighted by atomic mass is 16.5. The number of allylic oxidation sites excluding steroid dienone is 6. The Bertz CT molecular complexity index is 710. The van der Waals surface area contributed by atoms with Gasteiger partial charge in [0, 0.05) is 44.5 Å². The molecule has 1 heterocycles. The molecule has 0 unspecified atom stereocenters. The molecule has 1 aromatic carbocycles. The van der Waals surface area contributed by atoms with Crippen molar-refractivity contribution in [1.82, 2.24) is 15.3 Å². The minimum absolute atomic E-state index is 0.529. The Kier molecular flexibility index (Phi) is 8.55. The van der Waals surface area contributed by atoms with E-state index in [-0.39, 0.29) is 0 Å². The van der Waals surface area contributed by atoms with Crippen LogP contribution >= 0.6 is 0 Å². The minimum atomic E-state index is -0.529. The molecule has 1 aliphatic heterocycles. The molecular formula is C22H29N3O2. The smallest absolute Gasteiger partial charge is 0.267 e. The molecule has 144 valence electrons. The van der Waals surface area contributed by atoms with Crippen LogP contribution < -0.4 is 5.48 Å². The molecule has 2 N–H and O–H groups in total. The predicted molar refractivity (Wildman–Crippen MR) is 110 cm³/mol. The summed E-state index contributed by atoms with van der Waals surface area (Å²) in [7, 11) is 0. The van der Waals surface area contributed by atoms with Crippen molar-refractivity contribution in [2.75, 3.05) is 26.2 Å². The van der Waals surface area contributed by atoms with Gasteiger partial charge in [-0.3, -0.25) is 14.9 Å². The van der Waals surface area contributed by atoms with Gasteiger partial charge in [0.2, 0.25) is 0 Å². The van der Waals surface area contributed by atoms with Gasteiger partial charge in [-0.2, -0.15) is 0 Å². The first kappa shape index (κ1) is 20.7. The van der Waals surface area contributed by atoms with Gasteiger partial charge in [-0.25, -0.2) is 5.48 Å². The second kappa shape index (κ2) is 11.2. The zero-order valence-corrected chi connectivity index (χ0v) is 16.1. The topological polar surface area (TPSA) is 55.8 Å². The quantitative estimate of drug-likeness (QED) is 0.336. The molecule has 27 heavy (non-hydrogen) atoms. The average Bonchev–Trinajstić information content (AvgIpc) is 2.71. The molecule has 0 aliphatic carbocycles. The van der Waals surface area contributed by atoms with E-state index in [9.17, 15) is 4.79 Å². The summed E-state index contributed by atoms with van der Waals surface area (Å²) >= 11 is 0. The van der Waals surface area contributed by atoms with Crippen molar-refractivity contribution < 1.29 is 10.0 Å². The first-order chi connectivity index (χ1) is 13.1. The molecule has 0 bridgehead atoms. The zero-order valence-electron chi connectivity index (χ0n) is 16.1. The lowest BCUT2D eigenvalue weighted by atomic mass is 10.1. The standard InChI is InChI=1S/C22H29N3O2/c1-3-4-5-6-7-19(2)25-16-14-24(15-17-25)18-21-10-8-20(9-11-21)12-13-22(26)23-27/h3-13,27H,14-18H2,1-2H3,(H,23,26)/b4-3-,6-5-,13-12+,19-7+. The normalized spacial score (nSPS) is 16.7. The van der Waals surface area contributed by atoms with Crippen LogP contribution in [0.4, 0.5) is 0 Å². The van der Waals surface area contributed by atoms with Gasteiger partial charge >= 0.3 is 0 Å². The first-order valence-corrected chi connectivity index (χ1v) is 9.27. The first-order valence-electron chi connectivity index (χ1n) is 9.27. The molecule has 1 aliphatic rings. The number of carbonyl (C=O) groups excluding carboxylic acids is 1. The van der Waals surface area contributed by atoms with E-state index in [2.05, 4.69) is 47.1 Å². The minimum Gasteiger partial charge on any atom is -0.372 e. The van der Waals surface area contributed by atoms with Crippen LogP contribution in [0.3, 0.4) is 0 Å². The van der Waals surface area contributed by atoms with Crippen LogP contribution in [0.5, 0.6) is 0 Å². The predicted octanol–water partition coefficient (Wildman–Crippen LogP) is 3.36. The maximum absolute atomic E-state index is 11.0. The van der Waals surface area contributed by atoms with Crippen LogP contribution in [0, 0.1) is 0 Å². The number of nitrogens with zero attached hydrogens (tertiary/aromatic N) is 2. The molecule has 5 nitrogen and oxygen atoms in total. The van der Waals surface area contributed by atoms with Gasteiger partial charge in [0.25, 0.3) is 5.91 Å². The van der Waals surface area contributed by atoms with E-state index in [4.69, 9.17) is 5.21 Å². The second-order valence-electron chi connectivity index (χ2n) is 6.53. The summed E-state index contributed by atoms with van der Waals surface area (Å²) in [5.74, 6) is -0.529. The van der Waals surface area contributed by atoms with Crippen LogP contribution in [0.15, 0.2) is 66.4 Å². The summed E-state index contributed by atoms with van der Waals surface area (Å²) in [4.78, 5) is 15.9. The monoisotopic (exact) mass is 367 g/mol. The number of rotatable bonds is 7. The zero-order chi connectivity index (χ0) is 19.5. The van der Waals surface area contributed by atoms with E-state index in [1.54, 1.807) is 11.6 Å². The third kappa shape index (κ3) is 7.25. The van der Waals surface area contributed by atoms with E-state index in [0.717, 1.165) is 38.3 Å². The molecule has 0 aromatic heterocycles. The summed E-state index contributed by atoms with van der Waals surface area (Å²) in [5, 5.41) is 8.49. The number of hydroxylamine groups is 1. The van der Waals surface area contributed by atoms with Gasteiger partial charge in [-0.15, -0.1) is 0 Å². The molecular weight excluding hydrogens is 338 g/mol. The van der Waals surface area contributed by atoms with Gasteiger partial charge in [-0.05, 0) is 37.1 Å². The van der Waals surface area contributed by atoms with Gasteiger partial charge in [0.15, 0.2) is 0 Å². The van der Waals surface area contributed by atoms with Crippen molar-refractivity contribution in [3.05, 3.63) is 77.5 Å². The summed E-state index contributed by atoms with van der Waals surface area (Å²) in [6, 6.07) is 8.13. The Morgan fingerprint density at radius 3 is 2.44 bits per heavy atom. The van der Waals surface area contributed by atoms with Crippen LogP contribution in [-0.2, 0) is 11.3 Å². The molecule has 2 rings (SSSR count). The lowest BCUT2D eigenvalue weighted by Crippen LogP contribution is -2.44. The molecule has 1 aromatic rings. The van der Waals surface area contributed by atoms with Gasteiger partial charge in [0.05, 0.1) is 0 Å². The molecule has 5 heteroatoms. The van der Waals surface area contributed by atoms with E-state index in [1.165, 1.54) is 17.3 Å². The fourth-order valence-electron chi connectivity index (χ4n) is 2.94. The Hall–Kier alpha value is -2.63. The average molecular weight is 367 g/mol. The fraction of sp³-hybridized carbons (Fsp3) is 0.318. The lowest BCUT2D eigenvalue weighted by molar-refractivity contribution is -0.124. The third-order valence-electron chi connectivity index (χ3n) is 4.55. The van der Waals surface area contributed by atoms with Crippen molar-refractivity contribution in [3.8, 4) is 0 Å². The van der Waals surface area contributed by atoms with E-state index >= 15 is 0 Å². The number of amides is 1. The Balaban J connectivity index is 1.81. The Morgan fingerprint density at radius 1 is 1.11 bits per heavy atom. The summed E-state index contributed by atoms with van der Waals surface area (Å²) in [6.07, 6.45) is 13.3. The fourth-order valence-corrected chi connectivity index (χ4v) is 2.94. The number of hydrogen-bond donors (Lipinski definition) is 2. The molecule has 0 radical (unpaired) electrons. The molecule has 1 amide bonds. The highest BCUT2D eigenvalue weighted by Gasteiger charge is 2.16. The van der Waals surface area contributed by atoms with Crippen LogP contribution in [0.1, 0.15) is 25.0 Å². The number of nitrogens with one attached hydrogen (secondary N) is 1. The van der Waals surface area contributed by atoms with Gasteiger partial charge < -0.3 is 4.90 Å². The second-order valence-corrected chi connectivity index (χ2v) is 6.53. The molecule has 0 atom stereocenters. The van der Waals surface area contributed by atoms with Gasteiger partial charge in [-0.1, -0.05) is 48.6 Å². The summed E-state index contributed by atoms with van der Waals surface area (Å²) in [5.41, 5.74) is 5.07. The Labute approximate surface area is 161 Å². The van der Waals surface area contributed by atoms with Gasteiger partial charge in [0.1, 0.15) is 0 Å². The number of benzene rings is 1. The van der Waals surface area contributed by atoms with Crippen LogP contribution in [-0.4, -0.2) is 47.1 Å². The van der Waals surface area contributed by atoms with E-state index in [0.29, 0.717) is 0 Å². The third-order valence-corrected chi connectivity index (χ3v) is 4.55. The van der Waals surface area contributed by atoms with Crippen molar-refractivity contribution in [2.24, 2.45) is 0 Å². The number of hydrogen-bond acceptors (Lipinski definition) is 4. The Morgan fingerprint density at radius 2 is 1.81 bits per heavy atom. The largest absolute Gasteiger partial charge is 0.372 e. The van der Waals surface area contributed by atoms with Crippen LogP contribution in [0.2, 0.25) is 0 Å². The van der Waals surface area contributed by atoms with Crippen molar-refractivity contribution >= 4 is 12.0 Å². The summed E-state index contributed by atoms with van der Waals surface area (Å²) in [6.45, 7) is 9.27. The van der Waals surface area contributed by atoms with Crippen molar-refractivity contribution in [2.45, 2.75) is 20.4 Å². The molecule has 0 saturated carbocycles.